The summed E-state index contributed by atoms with van der Waals surface area (Å²) in [6.45, 7) is 0.752. The van der Waals surface area contributed by atoms with Crippen molar-refractivity contribution in [1.82, 2.24) is 10.2 Å². The van der Waals surface area contributed by atoms with Crippen molar-refractivity contribution in [2.24, 2.45) is 5.92 Å². The number of carboxylic acids is 2. The second-order valence-electron chi connectivity index (χ2n) is 4.08. The van der Waals surface area contributed by atoms with E-state index in [1.807, 2.05) is 0 Å². The zero-order chi connectivity index (χ0) is 13.9. The number of hydrogen-bond donors (Lipinski definition) is 3. The molecule has 18 heavy (non-hydrogen) atoms. The van der Waals surface area contributed by atoms with Crippen LogP contribution in [0, 0.1) is 5.92 Å². The van der Waals surface area contributed by atoms with E-state index in [0.717, 1.165) is 4.90 Å². The number of nitrogens with zero attached hydrogens (tertiary/aromatic N) is 1. The highest BCUT2D eigenvalue weighted by Crippen LogP contribution is 2.23. The molecule has 2 amide bonds. The summed E-state index contributed by atoms with van der Waals surface area (Å²) in [6, 6.07) is -1.15. The van der Waals surface area contributed by atoms with Gasteiger partial charge in [-0.1, -0.05) is 0 Å². The first-order chi connectivity index (χ1) is 8.32. The van der Waals surface area contributed by atoms with Gasteiger partial charge in [0, 0.05) is 13.5 Å². The molecule has 1 aliphatic rings. The number of amides is 2. The molecule has 1 fully saturated rings. The van der Waals surface area contributed by atoms with Gasteiger partial charge in [-0.3, -0.25) is 14.4 Å². The van der Waals surface area contributed by atoms with Gasteiger partial charge in [0.05, 0.1) is 12.5 Å². The van der Waals surface area contributed by atoms with E-state index < -0.39 is 35.7 Å². The van der Waals surface area contributed by atoms with Crippen molar-refractivity contribution in [2.45, 2.75) is 19.4 Å². The van der Waals surface area contributed by atoms with Crippen LogP contribution in [-0.2, 0) is 19.2 Å². The SMILES string of the molecule is CC(=O)NCC(=O)N1C[C@@H](C(=O)O)C[C@@H]1C(=O)O. The van der Waals surface area contributed by atoms with Crippen molar-refractivity contribution in [3.63, 3.8) is 0 Å². The first-order valence-electron chi connectivity index (χ1n) is 5.32. The number of nitrogens with one attached hydrogen (secondary N) is 1. The minimum atomic E-state index is -1.24. The number of rotatable bonds is 4. The van der Waals surface area contributed by atoms with E-state index in [1.54, 1.807) is 0 Å². The quantitative estimate of drug-likeness (QED) is 0.564. The fourth-order valence-electron chi connectivity index (χ4n) is 1.83. The molecule has 3 N–H and O–H groups in total. The fraction of sp³-hybridized carbons (Fsp3) is 0.600. The lowest BCUT2D eigenvalue weighted by Crippen LogP contribution is -2.45. The average molecular weight is 258 g/mol. The van der Waals surface area contributed by atoms with Crippen LogP contribution in [0.3, 0.4) is 0 Å². The summed E-state index contributed by atoms with van der Waals surface area (Å²) < 4.78 is 0. The Morgan fingerprint density at radius 2 is 1.83 bits per heavy atom. The summed E-state index contributed by atoms with van der Waals surface area (Å²) in [5, 5.41) is 20.0. The lowest BCUT2D eigenvalue weighted by Gasteiger charge is -2.21. The van der Waals surface area contributed by atoms with Crippen LogP contribution in [0.15, 0.2) is 0 Å². The standard InChI is InChI=1S/C10H14N2O6/c1-5(13)11-3-8(14)12-4-6(9(15)16)2-7(12)10(17)18/h6-7H,2-4H2,1H3,(H,11,13)(H,15,16)(H,17,18)/t6-,7+/m0/s1. The lowest BCUT2D eigenvalue weighted by atomic mass is 10.1. The Hall–Kier alpha value is -2.12. The highest BCUT2D eigenvalue weighted by Gasteiger charge is 2.42. The van der Waals surface area contributed by atoms with E-state index >= 15 is 0 Å². The molecule has 1 aliphatic heterocycles. The zero-order valence-electron chi connectivity index (χ0n) is 9.75. The molecular weight excluding hydrogens is 244 g/mol. The Morgan fingerprint density at radius 1 is 1.22 bits per heavy atom. The first-order valence-corrected chi connectivity index (χ1v) is 5.32. The molecule has 0 saturated carbocycles. The molecule has 8 nitrogen and oxygen atoms in total. The number of likely N-dealkylation sites (tertiary alicyclic amines) is 1. The van der Waals surface area contributed by atoms with Crippen LogP contribution < -0.4 is 5.32 Å². The minimum Gasteiger partial charge on any atom is -0.481 e. The molecule has 0 spiro atoms. The summed E-state index contributed by atoms with van der Waals surface area (Å²) in [4.78, 5) is 45.1. The van der Waals surface area contributed by atoms with Crippen molar-refractivity contribution in [1.29, 1.82) is 0 Å². The van der Waals surface area contributed by atoms with E-state index in [-0.39, 0.29) is 19.5 Å². The van der Waals surface area contributed by atoms with Crippen LogP contribution in [0.5, 0.6) is 0 Å². The Kier molecular flexibility index (Phi) is 4.24. The van der Waals surface area contributed by atoms with Crippen molar-refractivity contribution in [3.05, 3.63) is 0 Å². The van der Waals surface area contributed by atoms with Crippen LogP contribution in [0.2, 0.25) is 0 Å². The second kappa shape index (κ2) is 5.48. The number of aliphatic carboxylic acids is 2. The maximum atomic E-state index is 11.7. The molecule has 1 saturated heterocycles. The Morgan fingerprint density at radius 3 is 2.28 bits per heavy atom. The first kappa shape index (κ1) is 13.9. The lowest BCUT2D eigenvalue weighted by molar-refractivity contribution is -0.148. The van der Waals surface area contributed by atoms with E-state index in [1.165, 1.54) is 6.92 Å². The number of carbonyl (C=O) groups excluding carboxylic acids is 2. The predicted molar refractivity (Wildman–Crippen MR) is 57.6 cm³/mol. The molecule has 0 unspecified atom stereocenters. The largest absolute Gasteiger partial charge is 0.481 e. The topological polar surface area (TPSA) is 124 Å². The smallest absolute Gasteiger partial charge is 0.326 e. The van der Waals surface area contributed by atoms with Gasteiger partial charge in [-0.25, -0.2) is 4.79 Å². The third-order valence-corrected chi connectivity index (χ3v) is 2.74. The molecule has 2 atom stereocenters. The summed E-state index contributed by atoms with van der Waals surface area (Å²) in [5.41, 5.74) is 0. The van der Waals surface area contributed by atoms with Gasteiger partial charge in [0.25, 0.3) is 0 Å². The number of carbonyl (C=O) groups is 4. The van der Waals surface area contributed by atoms with Crippen LogP contribution in [0.4, 0.5) is 0 Å². The van der Waals surface area contributed by atoms with Crippen molar-refractivity contribution in [2.75, 3.05) is 13.1 Å². The molecule has 8 heteroatoms. The molecule has 100 valence electrons. The van der Waals surface area contributed by atoms with Crippen LogP contribution in [-0.4, -0.2) is 58.0 Å². The monoisotopic (exact) mass is 258 g/mol. The third-order valence-electron chi connectivity index (χ3n) is 2.74. The summed E-state index contributed by atoms with van der Waals surface area (Å²) in [5.74, 6) is -4.26. The van der Waals surface area contributed by atoms with E-state index in [2.05, 4.69) is 5.32 Å². The van der Waals surface area contributed by atoms with Crippen molar-refractivity contribution < 1.29 is 29.4 Å². The van der Waals surface area contributed by atoms with E-state index in [4.69, 9.17) is 10.2 Å². The Balaban J connectivity index is 2.72. The average Bonchev–Trinajstić information content (AvgIpc) is 2.70. The van der Waals surface area contributed by atoms with Crippen LogP contribution >= 0.6 is 0 Å². The predicted octanol–water partition coefficient (Wildman–Crippen LogP) is -1.49. The maximum absolute atomic E-state index is 11.7. The van der Waals surface area contributed by atoms with Gasteiger partial charge < -0.3 is 20.4 Å². The number of carboxylic acid groups (broad SMARTS) is 2. The number of hydrogen-bond acceptors (Lipinski definition) is 4. The molecule has 0 aliphatic carbocycles. The maximum Gasteiger partial charge on any atom is 0.326 e. The van der Waals surface area contributed by atoms with Gasteiger partial charge in [-0.05, 0) is 6.42 Å². The van der Waals surface area contributed by atoms with Crippen LogP contribution in [0.1, 0.15) is 13.3 Å². The van der Waals surface area contributed by atoms with Crippen molar-refractivity contribution in [3.8, 4) is 0 Å². The van der Waals surface area contributed by atoms with Gasteiger partial charge in [0.15, 0.2) is 0 Å². The molecule has 0 radical (unpaired) electrons. The summed E-state index contributed by atoms with van der Waals surface area (Å²) >= 11 is 0. The molecule has 0 aromatic carbocycles. The second-order valence-corrected chi connectivity index (χ2v) is 4.08. The van der Waals surface area contributed by atoms with E-state index in [9.17, 15) is 19.2 Å². The molecule has 1 heterocycles. The summed E-state index contributed by atoms with van der Waals surface area (Å²) in [7, 11) is 0. The highest BCUT2D eigenvalue weighted by molar-refractivity contribution is 5.89. The van der Waals surface area contributed by atoms with Gasteiger partial charge in [-0.2, -0.15) is 0 Å². The third kappa shape index (κ3) is 3.19. The Bertz CT molecular complexity index is 394. The normalized spacial score (nSPS) is 22.6. The van der Waals surface area contributed by atoms with Gasteiger partial charge in [-0.15, -0.1) is 0 Å². The zero-order valence-corrected chi connectivity index (χ0v) is 9.75. The van der Waals surface area contributed by atoms with Gasteiger partial charge in [0.1, 0.15) is 6.04 Å². The van der Waals surface area contributed by atoms with Crippen molar-refractivity contribution >= 4 is 23.8 Å². The molecular formula is C10H14N2O6. The van der Waals surface area contributed by atoms with Gasteiger partial charge >= 0.3 is 11.9 Å². The molecule has 1 rings (SSSR count). The van der Waals surface area contributed by atoms with Crippen LogP contribution in [0.25, 0.3) is 0 Å². The fourth-order valence-corrected chi connectivity index (χ4v) is 1.83. The Labute approximate surface area is 103 Å². The van der Waals surface area contributed by atoms with Gasteiger partial charge in [0.2, 0.25) is 11.8 Å². The minimum absolute atomic E-state index is 0.115. The summed E-state index contributed by atoms with van der Waals surface area (Å²) in [6.07, 6.45) is -0.115. The van der Waals surface area contributed by atoms with E-state index in [0.29, 0.717) is 0 Å². The highest BCUT2D eigenvalue weighted by atomic mass is 16.4. The molecule has 0 aromatic rings. The molecule has 0 aromatic heterocycles. The molecule has 0 bridgehead atoms.